The molecular weight excluding hydrogens is 326 g/mol. The molecule has 0 saturated heterocycles. The summed E-state index contributed by atoms with van der Waals surface area (Å²) in [5.74, 6) is 0. The number of nitrogens with zero attached hydrogens (tertiary/aromatic N) is 1. The van der Waals surface area contributed by atoms with Crippen LogP contribution in [0.2, 0.25) is 0 Å². The summed E-state index contributed by atoms with van der Waals surface area (Å²) in [6.45, 7) is 0.171. The fourth-order valence-corrected chi connectivity index (χ4v) is 5.30. The second-order valence-corrected chi connectivity index (χ2v) is 9.13. The first-order chi connectivity index (χ1) is 7.83. The van der Waals surface area contributed by atoms with Crippen LogP contribution in [0.25, 0.3) is 0 Å². The van der Waals surface area contributed by atoms with Gasteiger partial charge in [-0.2, -0.15) is 4.31 Å². The van der Waals surface area contributed by atoms with Crippen molar-refractivity contribution in [1.29, 1.82) is 0 Å². The van der Waals surface area contributed by atoms with Gasteiger partial charge in [0.1, 0.15) is 4.21 Å². The van der Waals surface area contributed by atoms with E-state index in [1.165, 1.54) is 22.7 Å². The average molecular weight is 340 g/mol. The van der Waals surface area contributed by atoms with E-state index in [1.807, 2.05) is 0 Å². The van der Waals surface area contributed by atoms with Gasteiger partial charge in [0, 0.05) is 13.6 Å². The average Bonchev–Trinajstić information content (AvgIpc) is 2.63. The highest BCUT2D eigenvalue weighted by Gasteiger charge is 2.38. The van der Waals surface area contributed by atoms with E-state index in [1.54, 1.807) is 12.1 Å². The number of rotatable bonds is 4. The first-order valence-corrected chi connectivity index (χ1v) is 8.33. The number of sulfonamides is 1. The van der Waals surface area contributed by atoms with Crippen LogP contribution in [0.5, 0.6) is 0 Å². The first kappa shape index (κ1) is 13.5. The van der Waals surface area contributed by atoms with Crippen molar-refractivity contribution >= 4 is 37.3 Å². The summed E-state index contributed by atoms with van der Waals surface area (Å²) in [5.41, 5.74) is -0.823. The third kappa shape index (κ3) is 2.73. The molecule has 1 fully saturated rings. The smallest absolute Gasteiger partial charge is 0.252 e. The van der Waals surface area contributed by atoms with Gasteiger partial charge in [-0.25, -0.2) is 8.42 Å². The Labute approximate surface area is 113 Å². The van der Waals surface area contributed by atoms with Crippen LogP contribution >= 0.6 is 27.3 Å². The zero-order valence-corrected chi connectivity index (χ0v) is 12.6. The van der Waals surface area contributed by atoms with Crippen LogP contribution < -0.4 is 0 Å². The highest BCUT2D eigenvalue weighted by molar-refractivity contribution is 9.11. The first-order valence-electron chi connectivity index (χ1n) is 5.28. The second-order valence-electron chi connectivity index (χ2n) is 4.40. The molecule has 0 spiro atoms. The van der Waals surface area contributed by atoms with Gasteiger partial charge in [-0.15, -0.1) is 11.3 Å². The summed E-state index contributed by atoms with van der Waals surface area (Å²) < 4.78 is 26.7. The predicted molar refractivity (Wildman–Crippen MR) is 70.6 cm³/mol. The standard InChI is InChI=1S/C10H14BrNO3S2/c1-12(7-10(13)5-2-6-10)17(14,15)9-4-3-8(11)16-9/h3-4,13H,2,5-7H2,1H3. The van der Waals surface area contributed by atoms with Crippen LogP contribution in [0.3, 0.4) is 0 Å². The van der Waals surface area contributed by atoms with Gasteiger partial charge in [0.05, 0.1) is 9.39 Å². The van der Waals surface area contributed by atoms with Gasteiger partial charge in [-0.05, 0) is 47.3 Å². The molecule has 0 amide bonds. The molecule has 1 N–H and O–H groups in total. The Morgan fingerprint density at radius 1 is 1.53 bits per heavy atom. The van der Waals surface area contributed by atoms with Crippen molar-refractivity contribution in [3.8, 4) is 0 Å². The fourth-order valence-electron chi connectivity index (χ4n) is 1.83. The Hall–Kier alpha value is 0.0500. The molecule has 0 unspecified atom stereocenters. The van der Waals surface area contributed by atoms with Crippen LogP contribution in [0.15, 0.2) is 20.1 Å². The number of hydrogen-bond donors (Lipinski definition) is 1. The van der Waals surface area contributed by atoms with Crippen molar-refractivity contribution in [2.24, 2.45) is 0 Å². The van der Waals surface area contributed by atoms with Gasteiger partial charge in [0.2, 0.25) is 0 Å². The second kappa shape index (κ2) is 4.62. The Morgan fingerprint density at radius 2 is 2.18 bits per heavy atom. The van der Waals surface area contributed by atoms with E-state index < -0.39 is 15.6 Å². The Balaban J connectivity index is 2.15. The van der Waals surface area contributed by atoms with Crippen molar-refractivity contribution in [2.45, 2.75) is 29.1 Å². The quantitative estimate of drug-likeness (QED) is 0.913. The van der Waals surface area contributed by atoms with Gasteiger partial charge in [-0.3, -0.25) is 0 Å². The summed E-state index contributed by atoms with van der Waals surface area (Å²) in [5, 5.41) is 9.98. The largest absolute Gasteiger partial charge is 0.389 e. The summed E-state index contributed by atoms with van der Waals surface area (Å²) in [6, 6.07) is 3.29. The summed E-state index contributed by atoms with van der Waals surface area (Å²) >= 11 is 4.43. The monoisotopic (exact) mass is 339 g/mol. The zero-order chi connectivity index (χ0) is 12.7. The van der Waals surface area contributed by atoms with Gasteiger partial charge in [0.15, 0.2) is 0 Å². The van der Waals surface area contributed by atoms with Crippen LogP contribution in [0.4, 0.5) is 0 Å². The molecular formula is C10H14BrNO3S2. The summed E-state index contributed by atoms with van der Waals surface area (Å²) in [6.07, 6.45) is 2.33. The Bertz CT molecular complexity index is 507. The molecule has 0 aliphatic heterocycles. The lowest BCUT2D eigenvalue weighted by Crippen LogP contribution is -2.48. The lowest BCUT2D eigenvalue weighted by molar-refractivity contribution is -0.0423. The van der Waals surface area contributed by atoms with Crippen LogP contribution in [-0.4, -0.2) is 37.0 Å². The maximum Gasteiger partial charge on any atom is 0.252 e. The topological polar surface area (TPSA) is 57.6 Å². The molecule has 1 aromatic heterocycles. The molecule has 2 rings (SSSR count). The molecule has 0 aromatic carbocycles. The molecule has 1 heterocycles. The van der Waals surface area contributed by atoms with Crippen molar-refractivity contribution in [1.82, 2.24) is 4.31 Å². The van der Waals surface area contributed by atoms with Crippen LogP contribution in [0, 0.1) is 0 Å². The van der Waals surface area contributed by atoms with E-state index in [2.05, 4.69) is 15.9 Å². The van der Waals surface area contributed by atoms with Crippen molar-refractivity contribution in [3.05, 3.63) is 15.9 Å². The third-order valence-electron chi connectivity index (χ3n) is 3.01. The SMILES string of the molecule is CN(CC1(O)CCC1)S(=O)(=O)c1ccc(Br)s1. The minimum atomic E-state index is -3.47. The maximum absolute atomic E-state index is 12.2. The van der Waals surface area contributed by atoms with Gasteiger partial charge in [0.25, 0.3) is 10.0 Å². The lowest BCUT2D eigenvalue weighted by Gasteiger charge is -2.38. The van der Waals surface area contributed by atoms with E-state index in [9.17, 15) is 13.5 Å². The Kier molecular flexibility index (Phi) is 3.66. The maximum atomic E-state index is 12.2. The number of aliphatic hydroxyl groups is 1. The van der Waals surface area contributed by atoms with E-state index in [4.69, 9.17) is 0 Å². The van der Waals surface area contributed by atoms with E-state index >= 15 is 0 Å². The summed E-state index contributed by atoms with van der Waals surface area (Å²) in [7, 11) is -1.95. The minimum absolute atomic E-state index is 0.171. The summed E-state index contributed by atoms with van der Waals surface area (Å²) in [4.78, 5) is 0. The lowest BCUT2D eigenvalue weighted by atomic mass is 9.80. The number of halogens is 1. The molecule has 7 heteroatoms. The van der Waals surface area contributed by atoms with Crippen molar-refractivity contribution < 1.29 is 13.5 Å². The molecule has 0 bridgehead atoms. The Morgan fingerprint density at radius 3 is 2.59 bits per heavy atom. The zero-order valence-electron chi connectivity index (χ0n) is 9.39. The molecule has 17 heavy (non-hydrogen) atoms. The van der Waals surface area contributed by atoms with E-state index in [0.717, 1.165) is 10.2 Å². The fraction of sp³-hybridized carbons (Fsp3) is 0.600. The number of likely N-dealkylation sites (N-methyl/N-ethyl adjacent to an activating group) is 1. The predicted octanol–water partition coefficient (Wildman–Crippen LogP) is 2.05. The van der Waals surface area contributed by atoms with Crippen molar-refractivity contribution in [2.75, 3.05) is 13.6 Å². The third-order valence-corrected chi connectivity index (χ3v) is 6.91. The molecule has 96 valence electrons. The number of hydrogen-bond acceptors (Lipinski definition) is 4. The highest BCUT2D eigenvalue weighted by atomic mass is 79.9. The van der Waals surface area contributed by atoms with Gasteiger partial charge < -0.3 is 5.11 Å². The van der Waals surface area contributed by atoms with Gasteiger partial charge >= 0.3 is 0 Å². The van der Waals surface area contributed by atoms with E-state index in [0.29, 0.717) is 17.1 Å². The molecule has 1 aromatic rings. The molecule has 0 radical (unpaired) electrons. The van der Waals surface area contributed by atoms with Crippen molar-refractivity contribution in [3.63, 3.8) is 0 Å². The van der Waals surface area contributed by atoms with Crippen LogP contribution in [0.1, 0.15) is 19.3 Å². The molecule has 1 aliphatic rings. The number of thiophene rings is 1. The van der Waals surface area contributed by atoms with Crippen LogP contribution in [-0.2, 0) is 10.0 Å². The molecule has 4 nitrogen and oxygen atoms in total. The molecule has 1 aliphatic carbocycles. The normalized spacial score (nSPS) is 19.3. The highest BCUT2D eigenvalue weighted by Crippen LogP contribution is 2.34. The van der Waals surface area contributed by atoms with Gasteiger partial charge in [-0.1, -0.05) is 0 Å². The van der Waals surface area contributed by atoms with E-state index in [-0.39, 0.29) is 6.54 Å². The molecule has 1 saturated carbocycles. The molecule has 0 atom stereocenters. The minimum Gasteiger partial charge on any atom is -0.389 e.